The predicted molar refractivity (Wildman–Crippen MR) is 114 cm³/mol. The van der Waals surface area contributed by atoms with E-state index in [2.05, 4.69) is 19.9 Å². The summed E-state index contributed by atoms with van der Waals surface area (Å²) in [6.45, 7) is 7.18. The van der Waals surface area contributed by atoms with Gasteiger partial charge in [-0.15, -0.1) is 0 Å². The molecule has 31 heavy (non-hydrogen) atoms. The Morgan fingerprint density at radius 3 is 2.74 bits per heavy atom. The normalized spacial score (nSPS) is 21.1. The molecule has 0 N–H and O–H groups in total. The van der Waals surface area contributed by atoms with Crippen molar-refractivity contribution in [3.63, 3.8) is 0 Å². The molecule has 0 aliphatic carbocycles. The first-order chi connectivity index (χ1) is 15.2. The molecule has 0 radical (unpaired) electrons. The molecule has 8 nitrogen and oxygen atoms in total. The molecule has 0 amide bonds. The number of carbonyl (C=O) groups excluding carboxylic acids is 1. The first kappa shape index (κ1) is 21.8. The lowest BCUT2D eigenvalue weighted by Crippen LogP contribution is -2.49. The zero-order chi connectivity index (χ0) is 21.5. The monoisotopic (exact) mass is 428 g/mol. The van der Waals surface area contributed by atoms with Gasteiger partial charge >= 0.3 is 5.97 Å². The third-order valence-corrected chi connectivity index (χ3v) is 6.13. The zero-order valence-corrected chi connectivity index (χ0v) is 18.2. The molecular weight excluding hydrogens is 396 g/mol. The van der Waals surface area contributed by atoms with Gasteiger partial charge in [-0.05, 0) is 51.3 Å². The Morgan fingerprint density at radius 2 is 1.97 bits per heavy atom. The summed E-state index contributed by atoms with van der Waals surface area (Å²) >= 11 is 0. The van der Waals surface area contributed by atoms with Crippen LogP contribution >= 0.6 is 0 Å². The van der Waals surface area contributed by atoms with Crippen LogP contribution < -0.4 is 4.74 Å². The third-order valence-electron chi connectivity index (χ3n) is 6.13. The number of nitrogens with zero attached hydrogens (tertiary/aromatic N) is 4. The van der Waals surface area contributed by atoms with Crippen LogP contribution in [0.25, 0.3) is 0 Å². The van der Waals surface area contributed by atoms with Crippen LogP contribution in [0.2, 0.25) is 0 Å². The van der Waals surface area contributed by atoms with Crippen molar-refractivity contribution in [1.82, 2.24) is 19.9 Å². The molecular formula is C23H32N4O4. The molecule has 0 saturated carbocycles. The SMILES string of the molecule is CCOC(=O)[C@H]1CCCN(C2CCN(Cc3nc(COc4ccccc4)no3)CC2)C1. The number of ether oxygens (including phenoxy) is 2. The highest BCUT2D eigenvalue weighted by Gasteiger charge is 2.32. The average molecular weight is 429 g/mol. The smallest absolute Gasteiger partial charge is 0.310 e. The molecule has 2 aromatic rings. The lowest BCUT2D eigenvalue weighted by molar-refractivity contribution is -0.150. The maximum atomic E-state index is 12.1. The topological polar surface area (TPSA) is 80.9 Å². The number of carbonyl (C=O) groups is 1. The predicted octanol–water partition coefficient (Wildman–Crippen LogP) is 2.89. The maximum absolute atomic E-state index is 12.1. The van der Waals surface area contributed by atoms with Crippen molar-refractivity contribution in [2.75, 3.05) is 32.8 Å². The molecule has 1 atom stereocenters. The molecule has 0 unspecified atom stereocenters. The number of hydrogen-bond acceptors (Lipinski definition) is 8. The largest absolute Gasteiger partial charge is 0.485 e. The van der Waals surface area contributed by atoms with Gasteiger partial charge in [0.15, 0.2) is 6.61 Å². The second kappa shape index (κ2) is 10.7. The molecule has 4 rings (SSSR count). The van der Waals surface area contributed by atoms with Crippen LogP contribution in [0.15, 0.2) is 34.9 Å². The molecule has 0 bridgehead atoms. The number of rotatable bonds is 8. The molecule has 2 fully saturated rings. The molecule has 1 aromatic heterocycles. The molecule has 2 aliphatic heterocycles. The fourth-order valence-corrected chi connectivity index (χ4v) is 4.50. The van der Waals surface area contributed by atoms with Crippen LogP contribution in [0.3, 0.4) is 0 Å². The fourth-order valence-electron chi connectivity index (χ4n) is 4.50. The second-order valence-electron chi connectivity index (χ2n) is 8.30. The van der Waals surface area contributed by atoms with E-state index in [-0.39, 0.29) is 11.9 Å². The summed E-state index contributed by atoms with van der Waals surface area (Å²) in [5, 5.41) is 4.04. The minimum Gasteiger partial charge on any atom is -0.485 e. The number of likely N-dealkylation sites (tertiary alicyclic amines) is 2. The fraction of sp³-hybridized carbons (Fsp3) is 0.609. The van der Waals surface area contributed by atoms with Gasteiger partial charge in [-0.25, -0.2) is 0 Å². The number of para-hydroxylation sites is 1. The lowest BCUT2D eigenvalue weighted by atomic mass is 9.94. The molecule has 168 valence electrons. The van der Waals surface area contributed by atoms with Crippen LogP contribution in [0.4, 0.5) is 0 Å². The van der Waals surface area contributed by atoms with Gasteiger partial charge in [-0.1, -0.05) is 23.4 Å². The summed E-state index contributed by atoms with van der Waals surface area (Å²) in [6, 6.07) is 10.2. The number of benzene rings is 1. The van der Waals surface area contributed by atoms with Gasteiger partial charge in [0.2, 0.25) is 11.7 Å². The summed E-state index contributed by atoms with van der Waals surface area (Å²) < 4.78 is 16.3. The van der Waals surface area contributed by atoms with Gasteiger partial charge < -0.3 is 14.0 Å². The first-order valence-electron chi connectivity index (χ1n) is 11.3. The van der Waals surface area contributed by atoms with Gasteiger partial charge in [0, 0.05) is 25.7 Å². The van der Waals surface area contributed by atoms with Crippen molar-refractivity contribution in [2.45, 2.75) is 51.8 Å². The minimum absolute atomic E-state index is 0.0293. The summed E-state index contributed by atoms with van der Waals surface area (Å²) in [6.07, 6.45) is 4.20. The average Bonchev–Trinajstić information content (AvgIpc) is 3.26. The summed E-state index contributed by atoms with van der Waals surface area (Å²) in [4.78, 5) is 21.4. The molecule has 0 spiro atoms. The van der Waals surface area contributed by atoms with Crippen molar-refractivity contribution in [3.8, 4) is 5.75 Å². The van der Waals surface area contributed by atoms with E-state index in [4.69, 9.17) is 14.0 Å². The van der Waals surface area contributed by atoms with E-state index in [1.165, 1.54) is 0 Å². The number of esters is 1. The lowest BCUT2D eigenvalue weighted by Gasteiger charge is -2.41. The van der Waals surface area contributed by atoms with Gasteiger partial charge in [0.25, 0.3) is 0 Å². The second-order valence-corrected chi connectivity index (χ2v) is 8.30. The molecule has 3 heterocycles. The summed E-state index contributed by atoms with van der Waals surface area (Å²) in [5.41, 5.74) is 0. The van der Waals surface area contributed by atoms with Crippen LogP contribution in [-0.2, 0) is 22.7 Å². The van der Waals surface area contributed by atoms with Crippen LogP contribution in [0.1, 0.15) is 44.3 Å². The first-order valence-corrected chi connectivity index (χ1v) is 11.3. The van der Waals surface area contributed by atoms with E-state index in [1.807, 2.05) is 37.3 Å². The zero-order valence-electron chi connectivity index (χ0n) is 18.2. The number of piperidine rings is 2. The molecule has 2 saturated heterocycles. The van der Waals surface area contributed by atoms with Crippen molar-refractivity contribution < 1.29 is 18.8 Å². The molecule has 1 aromatic carbocycles. The quantitative estimate of drug-likeness (QED) is 0.594. The van der Waals surface area contributed by atoms with E-state index in [9.17, 15) is 4.79 Å². The Hall–Kier alpha value is -2.45. The van der Waals surface area contributed by atoms with Crippen molar-refractivity contribution in [2.24, 2.45) is 5.92 Å². The maximum Gasteiger partial charge on any atom is 0.310 e. The Balaban J connectivity index is 1.21. The highest BCUT2D eigenvalue weighted by atomic mass is 16.5. The van der Waals surface area contributed by atoms with Crippen molar-refractivity contribution in [1.29, 1.82) is 0 Å². The molecule has 8 heteroatoms. The summed E-state index contributed by atoms with van der Waals surface area (Å²) in [7, 11) is 0. The number of hydrogen-bond donors (Lipinski definition) is 0. The van der Waals surface area contributed by atoms with Gasteiger partial charge in [-0.2, -0.15) is 4.98 Å². The van der Waals surface area contributed by atoms with Gasteiger partial charge in [-0.3, -0.25) is 14.6 Å². The highest BCUT2D eigenvalue weighted by molar-refractivity contribution is 5.72. The Morgan fingerprint density at radius 1 is 1.16 bits per heavy atom. The minimum atomic E-state index is -0.0342. The van der Waals surface area contributed by atoms with E-state index in [0.717, 1.165) is 57.6 Å². The Bertz CT molecular complexity index is 820. The Kier molecular flexibility index (Phi) is 7.53. The van der Waals surface area contributed by atoms with E-state index in [1.54, 1.807) is 0 Å². The van der Waals surface area contributed by atoms with Gasteiger partial charge in [0.1, 0.15) is 5.75 Å². The van der Waals surface area contributed by atoms with Crippen LogP contribution in [0.5, 0.6) is 5.75 Å². The standard InChI is InChI=1S/C23H32N4O4/c1-2-29-23(28)18-7-6-12-27(15-18)19-10-13-26(14-11-19)16-22-24-21(25-31-22)17-30-20-8-4-3-5-9-20/h3-5,8-9,18-19H,2,6-7,10-17H2,1H3/t18-/m0/s1. The van der Waals surface area contributed by atoms with E-state index in [0.29, 0.717) is 37.5 Å². The highest BCUT2D eigenvalue weighted by Crippen LogP contribution is 2.25. The van der Waals surface area contributed by atoms with Crippen LogP contribution in [0, 0.1) is 5.92 Å². The van der Waals surface area contributed by atoms with Gasteiger partial charge in [0.05, 0.1) is 19.1 Å². The number of aromatic nitrogens is 2. The summed E-state index contributed by atoms with van der Waals surface area (Å²) in [5.74, 6) is 1.98. The van der Waals surface area contributed by atoms with E-state index >= 15 is 0 Å². The van der Waals surface area contributed by atoms with E-state index < -0.39 is 0 Å². The molecule has 2 aliphatic rings. The van der Waals surface area contributed by atoms with Crippen molar-refractivity contribution >= 4 is 5.97 Å². The van der Waals surface area contributed by atoms with Crippen LogP contribution in [-0.4, -0.2) is 64.7 Å². The third kappa shape index (κ3) is 6.04. The van der Waals surface area contributed by atoms with Crippen molar-refractivity contribution in [3.05, 3.63) is 42.0 Å². The Labute approximate surface area is 183 Å².